The second kappa shape index (κ2) is 5.35. The minimum Gasteiger partial charge on any atom is -0.367 e. The predicted octanol–water partition coefficient (Wildman–Crippen LogP) is 3.53. The standard InChI is InChI=1S/C10H11ClF3N3/c1-3-4-6(2)15-8-5-7(10(12,13)14)16-9(11)17-8/h3,5-6H,1,4H2,2H3,(H,15,16,17). The van der Waals surface area contributed by atoms with Crippen LogP contribution in [0.1, 0.15) is 19.0 Å². The summed E-state index contributed by atoms with van der Waals surface area (Å²) in [6.45, 7) is 5.33. The van der Waals surface area contributed by atoms with E-state index in [1.54, 1.807) is 13.0 Å². The minimum absolute atomic E-state index is 0.0478. The number of rotatable bonds is 4. The summed E-state index contributed by atoms with van der Waals surface area (Å²) in [5.41, 5.74) is -1.06. The van der Waals surface area contributed by atoms with Gasteiger partial charge in [-0.1, -0.05) is 6.08 Å². The number of aromatic nitrogens is 2. The first kappa shape index (κ1) is 13.8. The Morgan fingerprint density at radius 2 is 2.18 bits per heavy atom. The van der Waals surface area contributed by atoms with Gasteiger partial charge in [-0.05, 0) is 24.9 Å². The van der Waals surface area contributed by atoms with Gasteiger partial charge in [0.2, 0.25) is 5.28 Å². The number of alkyl halides is 3. The predicted molar refractivity (Wildman–Crippen MR) is 59.9 cm³/mol. The van der Waals surface area contributed by atoms with E-state index in [9.17, 15) is 13.2 Å². The average molecular weight is 266 g/mol. The van der Waals surface area contributed by atoms with Gasteiger partial charge in [0.05, 0.1) is 0 Å². The highest BCUT2D eigenvalue weighted by Crippen LogP contribution is 2.29. The maximum Gasteiger partial charge on any atom is 0.433 e. The fourth-order valence-electron chi connectivity index (χ4n) is 1.20. The van der Waals surface area contributed by atoms with E-state index in [1.165, 1.54) is 0 Å². The summed E-state index contributed by atoms with van der Waals surface area (Å²) in [5, 5.41) is 2.35. The smallest absolute Gasteiger partial charge is 0.367 e. The molecule has 0 bridgehead atoms. The summed E-state index contributed by atoms with van der Waals surface area (Å²) in [6, 6.07) is 0.741. The molecule has 3 nitrogen and oxygen atoms in total. The number of anilines is 1. The summed E-state index contributed by atoms with van der Waals surface area (Å²) in [5.74, 6) is 0.0478. The molecule has 0 spiro atoms. The molecule has 1 aromatic rings. The van der Waals surface area contributed by atoms with E-state index < -0.39 is 17.2 Å². The lowest BCUT2D eigenvalue weighted by Gasteiger charge is -2.14. The van der Waals surface area contributed by atoms with Crippen LogP contribution in [0.4, 0.5) is 19.0 Å². The molecule has 17 heavy (non-hydrogen) atoms. The number of nitrogens with one attached hydrogen (secondary N) is 1. The molecule has 1 N–H and O–H groups in total. The molecule has 0 aliphatic rings. The molecule has 94 valence electrons. The highest BCUT2D eigenvalue weighted by Gasteiger charge is 2.33. The molecule has 1 aromatic heterocycles. The van der Waals surface area contributed by atoms with Crippen molar-refractivity contribution in [1.29, 1.82) is 0 Å². The lowest BCUT2D eigenvalue weighted by Crippen LogP contribution is -2.17. The zero-order chi connectivity index (χ0) is 13.1. The van der Waals surface area contributed by atoms with Crippen molar-refractivity contribution in [3.63, 3.8) is 0 Å². The molecule has 1 atom stereocenters. The Bertz CT molecular complexity index is 406. The van der Waals surface area contributed by atoms with E-state index in [2.05, 4.69) is 21.9 Å². The molecule has 0 saturated carbocycles. The highest BCUT2D eigenvalue weighted by molar-refractivity contribution is 6.28. The first-order valence-electron chi connectivity index (χ1n) is 4.82. The van der Waals surface area contributed by atoms with Crippen LogP contribution in [0.2, 0.25) is 5.28 Å². The third-order valence-corrected chi connectivity index (χ3v) is 2.07. The molecule has 1 rings (SSSR count). The highest BCUT2D eigenvalue weighted by atomic mass is 35.5. The molecule has 0 fully saturated rings. The van der Waals surface area contributed by atoms with Crippen molar-refractivity contribution in [2.45, 2.75) is 25.6 Å². The van der Waals surface area contributed by atoms with Crippen molar-refractivity contribution in [1.82, 2.24) is 9.97 Å². The molecular weight excluding hydrogens is 255 g/mol. The van der Waals surface area contributed by atoms with Crippen LogP contribution in [0.5, 0.6) is 0 Å². The van der Waals surface area contributed by atoms with Crippen molar-refractivity contribution in [2.24, 2.45) is 0 Å². The third-order valence-electron chi connectivity index (χ3n) is 1.90. The van der Waals surface area contributed by atoms with E-state index in [1.807, 2.05) is 0 Å². The molecule has 1 heterocycles. The van der Waals surface area contributed by atoms with Crippen LogP contribution in [-0.4, -0.2) is 16.0 Å². The van der Waals surface area contributed by atoms with Crippen LogP contribution in [0, 0.1) is 0 Å². The molecule has 0 amide bonds. The fraction of sp³-hybridized carbons (Fsp3) is 0.400. The van der Waals surface area contributed by atoms with Crippen LogP contribution in [-0.2, 0) is 6.18 Å². The summed E-state index contributed by atoms with van der Waals surface area (Å²) < 4.78 is 37.3. The molecule has 0 radical (unpaired) electrons. The molecule has 1 unspecified atom stereocenters. The monoisotopic (exact) mass is 265 g/mol. The summed E-state index contributed by atoms with van der Waals surface area (Å²) >= 11 is 5.43. The largest absolute Gasteiger partial charge is 0.433 e. The fourth-order valence-corrected chi connectivity index (χ4v) is 1.38. The lowest BCUT2D eigenvalue weighted by atomic mass is 10.2. The van der Waals surface area contributed by atoms with Crippen LogP contribution in [0.25, 0.3) is 0 Å². The van der Waals surface area contributed by atoms with Gasteiger partial charge < -0.3 is 5.32 Å². The van der Waals surface area contributed by atoms with Crippen LogP contribution >= 0.6 is 11.6 Å². The lowest BCUT2D eigenvalue weighted by molar-refractivity contribution is -0.141. The Morgan fingerprint density at radius 3 is 2.71 bits per heavy atom. The number of hydrogen-bond acceptors (Lipinski definition) is 3. The van der Waals surface area contributed by atoms with Crippen LogP contribution in [0.15, 0.2) is 18.7 Å². The second-order valence-electron chi connectivity index (χ2n) is 3.47. The van der Waals surface area contributed by atoms with Crippen molar-refractivity contribution < 1.29 is 13.2 Å². The first-order valence-corrected chi connectivity index (χ1v) is 5.20. The molecule has 0 saturated heterocycles. The molecule has 0 aliphatic carbocycles. The Labute approximate surface area is 102 Å². The Morgan fingerprint density at radius 1 is 1.53 bits per heavy atom. The van der Waals surface area contributed by atoms with Crippen LogP contribution in [0.3, 0.4) is 0 Å². The van der Waals surface area contributed by atoms with E-state index in [0.29, 0.717) is 6.42 Å². The van der Waals surface area contributed by atoms with Gasteiger partial charge in [-0.25, -0.2) is 9.97 Å². The van der Waals surface area contributed by atoms with Crippen LogP contribution < -0.4 is 5.32 Å². The first-order chi connectivity index (χ1) is 7.82. The maximum atomic E-state index is 12.4. The number of nitrogens with zero attached hydrogens (tertiary/aromatic N) is 2. The molecular formula is C10H11ClF3N3. The summed E-state index contributed by atoms with van der Waals surface area (Å²) in [7, 11) is 0. The number of halogens is 4. The van der Waals surface area contributed by atoms with Gasteiger partial charge in [0.25, 0.3) is 0 Å². The van der Waals surface area contributed by atoms with Gasteiger partial charge in [-0.15, -0.1) is 6.58 Å². The second-order valence-corrected chi connectivity index (χ2v) is 3.81. The zero-order valence-electron chi connectivity index (χ0n) is 9.05. The van der Waals surface area contributed by atoms with Gasteiger partial charge >= 0.3 is 6.18 Å². The van der Waals surface area contributed by atoms with Gasteiger partial charge in [0.15, 0.2) is 5.69 Å². The Hall–Kier alpha value is -1.30. The van der Waals surface area contributed by atoms with Crippen molar-refractivity contribution in [2.75, 3.05) is 5.32 Å². The maximum absolute atomic E-state index is 12.4. The van der Waals surface area contributed by atoms with Gasteiger partial charge in [0, 0.05) is 12.1 Å². The van der Waals surface area contributed by atoms with E-state index in [-0.39, 0.29) is 11.9 Å². The Balaban J connectivity index is 2.94. The van der Waals surface area contributed by atoms with Crippen molar-refractivity contribution in [3.05, 3.63) is 29.7 Å². The SMILES string of the molecule is C=CCC(C)Nc1cc(C(F)(F)F)nc(Cl)n1. The Kier molecular flexibility index (Phi) is 4.34. The van der Waals surface area contributed by atoms with E-state index in [0.717, 1.165) is 6.07 Å². The number of hydrogen-bond donors (Lipinski definition) is 1. The quantitative estimate of drug-likeness (QED) is 0.668. The van der Waals surface area contributed by atoms with E-state index >= 15 is 0 Å². The summed E-state index contributed by atoms with van der Waals surface area (Å²) in [4.78, 5) is 6.81. The summed E-state index contributed by atoms with van der Waals surface area (Å²) in [6.07, 6.45) is -2.28. The van der Waals surface area contributed by atoms with Gasteiger partial charge in [-0.3, -0.25) is 0 Å². The van der Waals surface area contributed by atoms with E-state index in [4.69, 9.17) is 11.6 Å². The average Bonchev–Trinajstić information content (AvgIpc) is 2.15. The van der Waals surface area contributed by atoms with Gasteiger partial charge in [0.1, 0.15) is 5.82 Å². The van der Waals surface area contributed by atoms with Gasteiger partial charge in [-0.2, -0.15) is 13.2 Å². The van der Waals surface area contributed by atoms with Crippen molar-refractivity contribution in [3.8, 4) is 0 Å². The molecule has 0 aliphatic heterocycles. The van der Waals surface area contributed by atoms with Crippen molar-refractivity contribution >= 4 is 17.4 Å². The zero-order valence-corrected chi connectivity index (χ0v) is 9.81. The minimum atomic E-state index is -4.54. The molecule has 0 aromatic carbocycles. The third kappa shape index (κ3) is 4.22. The molecule has 7 heteroatoms. The normalized spacial score (nSPS) is 13.2. The topological polar surface area (TPSA) is 37.8 Å².